The number of fused-ring (bicyclic) bond motifs is 2. The van der Waals surface area contributed by atoms with Gasteiger partial charge in [0.2, 0.25) is 0 Å². The first-order valence-corrected chi connectivity index (χ1v) is 11.4. The maximum absolute atomic E-state index is 13.6. The quantitative estimate of drug-likeness (QED) is 0.347. The molecule has 5 aromatic rings. The van der Waals surface area contributed by atoms with Crippen LogP contribution in [0.2, 0.25) is 0 Å². The van der Waals surface area contributed by atoms with Gasteiger partial charge in [-0.1, -0.05) is 29.5 Å². The van der Waals surface area contributed by atoms with Crippen LogP contribution in [-0.2, 0) is 6.54 Å². The predicted octanol–water partition coefficient (Wildman–Crippen LogP) is 5.17. The highest BCUT2D eigenvalue weighted by molar-refractivity contribution is 7.23. The number of methoxy groups -OCH3 is 2. The van der Waals surface area contributed by atoms with Crippen molar-refractivity contribution in [3.8, 4) is 11.5 Å². The van der Waals surface area contributed by atoms with E-state index in [0.29, 0.717) is 28.2 Å². The van der Waals surface area contributed by atoms with E-state index >= 15 is 0 Å². The van der Waals surface area contributed by atoms with Gasteiger partial charge >= 0.3 is 0 Å². The van der Waals surface area contributed by atoms with E-state index < -0.39 is 0 Å². The molecule has 0 saturated heterocycles. The molecule has 0 aliphatic carbocycles. The van der Waals surface area contributed by atoms with Crippen molar-refractivity contribution in [1.29, 1.82) is 0 Å². The Balaban J connectivity index is 1.60. The van der Waals surface area contributed by atoms with Gasteiger partial charge in [0.15, 0.2) is 21.6 Å². The maximum Gasteiger partial charge on any atom is 0.289 e. The van der Waals surface area contributed by atoms with Crippen LogP contribution in [-0.4, -0.2) is 35.1 Å². The van der Waals surface area contributed by atoms with Gasteiger partial charge in [0, 0.05) is 24.5 Å². The molecular weight excluding hydrogens is 444 g/mol. The summed E-state index contributed by atoms with van der Waals surface area (Å²) in [6.07, 6.45) is 3.46. The second kappa shape index (κ2) is 8.52. The summed E-state index contributed by atoms with van der Waals surface area (Å²) >= 11 is 2.79. The van der Waals surface area contributed by atoms with Gasteiger partial charge in [0.25, 0.3) is 5.91 Å². The summed E-state index contributed by atoms with van der Waals surface area (Å²) < 4.78 is 12.7. The molecular formula is C23H18N4O3S2. The van der Waals surface area contributed by atoms with E-state index in [9.17, 15) is 4.79 Å². The van der Waals surface area contributed by atoms with Crippen molar-refractivity contribution in [1.82, 2.24) is 15.0 Å². The molecule has 1 amide bonds. The van der Waals surface area contributed by atoms with Crippen LogP contribution in [0.25, 0.3) is 20.4 Å². The highest BCUT2D eigenvalue weighted by Crippen LogP contribution is 2.38. The lowest BCUT2D eigenvalue weighted by Gasteiger charge is -2.18. The molecule has 0 spiro atoms. The number of ether oxygens (including phenoxy) is 2. The van der Waals surface area contributed by atoms with Crippen LogP contribution >= 0.6 is 22.7 Å². The number of carbonyl (C=O) groups excluding carboxylic acids is 1. The summed E-state index contributed by atoms with van der Waals surface area (Å²) in [7, 11) is 3.18. The number of benzene rings is 2. The Kier molecular flexibility index (Phi) is 5.42. The third kappa shape index (κ3) is 3.76. The van der Waals surface area contributed by atoms with Crippen LogP contribution in [0.15, 0.2) is 60.9 Å². The van der Waals surface area contributed by atoms with Crippen LogP contribution in [0.5, 0.6) is 11.5 Å². The predicted molar refractivity (Wildman–Crippen MR) is 127 cm³/mol. The number of amides is 1. The van der Waals surface area contributed by atoms with Crippen molar-refractivity contribution in [2.75, 3.05) is 19.1 Å². The summed E-state index contributed by atoms with van der Waals surface area (Å²) in [5, 5.41) is 0.993. The molecule has 0 radical (unpaired) electrons. The SMILES string of the molecule is COc1cc2nc(N(Cc3cccnc3)C(=O)c3nc4ccccc4s3)sc2cc1OC. The average molecular weight is 463 g/mol. The van der Waals surface area contributed by atoms with Gasteiger partial charge in [-0.25, -0.2) is 9.97 Å². The fraction of sp³-hybridized carbons (Fsp3) is 0.130. The second-order valence-electron chi connectivity index (χ2n) is 6.91. The molecule has 0 bridgehead atoms. The number of hydrogen-bond acceptors (Lipinski definition) is 8. The van der Waals surface area contributed by atoms with Crippen molar-refractivity contribution in [3.05, 3.63) is 71.5 Å². The van der Waals surface area contributed by atoms with Gasteiger partial charge in [-0.15, -0.1) is 11.3 Å². The number of para-hydroxylation sites is 1. The third-order valence-electron chi connectivity index (χ3n) is 4.90. The Morgan fingerprint density at radius 1 is 0.938 bits per heavy atom. The zero-order valence-electron chi connectivity index (χ0n) is 17.3. The van der Waals surface area contributed by atoms with Crippen molar-refractivity contribution in [3.63, 3.8) is 0 Å². The number of nitrogens with zero attached hydrogens (tertiary/aromatic N) is 4. The Morgan fingerprint density at radius 2 is 1.75 bits per heavy atom. The van der Waals surface area contributed by atoms with E-state index in [2.05, 4.69) is 9.97 Å². The van der Waals surface area contributed by atoms with Crippen LogP contribution < -0.4 is 14.4 Å². The molecule has 32 heavy (non-hydrogen) atoms. The largest absolute Gasteiger partial charge is 0.493 e. The zero-order valence-corrected chi connectivity index (χ0v) is 18.9. The summed E-state index contributed by atoms with van der Waals surface area (Å²) in [5.74, 6) is 1.01. The normalized spacial score (nSPS) is 11.1. The van der Waals surface area contributed by atoms with E-state index in [1.807, 2.05) is 48.5 Å². The first kappa shape index (κ1) is 20.3. The topological polar surface area (TPSA) is 77.4 Å². The number of rotatable bonds is 6. The van der Waals surface area contributed by atoms with Crippen LogP contribution in [0, 0.1) is 0 Å². The minimum absolute atomic E-state index is 0.201. The van der Waals surface area contributed by atoms with Crippen molar-refractivity contribution in [2.45, 2.75) is 6.54 Å². The Morgan fingerprint density at radius 3 is 2.50 bits per heavy atom. The molecule has 0 aliphatic heterocycles. The van der Waals surface area contributed by atoms with Crippen molar-refractivity contribution < 1.29 is 14.3 Å². The summed E-state index contributed by atoms with van der Waals surface area (Å²) in [5.41, 5.74) is 2.44. The Hall–Kier alpha value is -3.56. The molecule has 5 rings (SSSR count). The van der Waals surface area contributed by atoms with Crippen LogP contribution in [0.4, 0.5) is 5.13 Å². The van der Waals surface area contributed by atoms with E-state index in [1.54, 1.807) is 31.5 Å². The molecule has 0 atom stereocenters. The molecule has 3 heterocycles. The lowest BCUT2D eigenvalue weighted by atomic mass is 10.2. The molecule has 7 nitrogen and oxygen atoms in total. The molecule has 0 N–H and O–H groups in total. The number of thiazole rings is 2. The first-order chi connectivity index (χ1) is 15.7. The Labute approximate surface area is 191 Å². The van der Waals surface area contributed by atoms with Crippen LogP contribution in [0.1, 0.15) is 15.4 Å². The highest BCUT2D eigenvalue weighted by Gasteiger charge is 2.25. The van der Waals surface area contributed by atoms with E-state index in [-0.39, 0.29) is 5.91 Å². The maximum atomic E-state index is 13.6. The van der Waals surface area contributed by atoms with Gasteiger partial charge in [0.05, 0.1) is 41.2 Å². The fourth-order valence-electron chi connectivity index (χ4n) is 3.34. The summed E-state index contributed by atoms with van der Waals surface area (Å²) in [6.45, 7) is 0.330. The van der Waals surface area contributed by atoms with Crippen molar-refractivity contribution >= 4 is 54.1 Å². The molecule has 0 fully saturated rings. The lowest BCUT2D eigenvalue weighted by Crippen LogP contribution is -2.30. The molecule has 2 aromatic carbocycles. The number of anilines is 1. The van der Waals surface area contributed by atoms with E-state index in [0.717, 1.165) is 26.0 Å². The van der Waals surface area contributed by atoms with Gasteiger partial charge in [-0.2, -0.15) is 0 Å². The van der Waals surface area contributed by atoms with E-state index in [1.165, 1.54) is 22.7 Å². The molecule has 9 heteroatoms. The number of carbonyl (C=O) groups is 1. The fourth-order valence-corrected chi connectivity index (χ4v) is 5.23. The highest BCUT2D eigenvalue weighted by atomic mass is 32.1. The lowest BCUT2D eigenvalue weighted by molar-refractivity contribution is 0.0985. The van der Waals surface area contributed by atoms with E-state index in [4.69, 9.17) is 14.5 Å². The summed E-state index contributed by atoms with van der Waals surface area (Å²) in [4.78, 5) is 28.7. The average Bonchev–Trinajstić information content (AvgIpc) is 3.45. The molecule has 160 valence electrons. The number of pyridine rings is 1. The monoisotopic (exact) mass is 462 g/mol. The molecule has 3 aromatic heterocycles. The van der Waals surface area contributed by atoms with Crippen molar-refractivity contribution in [2.24, 2.45) is 0 Å². The van der Waals surface area contributed by atoms with Gasteiger partial charge < -0.3 is 9.47 Å². The minimum Gasteiger partial charge on any atom is -0.493 e. The van der Waals surface area contributed by atoms with Gasteiger partial charge in [-0.3, -0.25) is 14.7 Å². The van der Waals surface area contributed by atoms with Crippen LogP contribution in [0.3, 0.4) is 0 Å². The second-order valence-corrected chi connectivity index (χ2v) is 8.95. The number of aromatic nitrogens is 3. The number of hydrogen-bond donors (Lipinski definition) is 0. The zero-order chi connectivity index (χ0) is 22.1. The smallest absolute Gasteiger partial charge is 0.289 e. The standard InChI is InChI=1S/C23H18N4O3S2/c1-29-17-10-16-20(11-18(17)30-2)32-23(26-16)27(13-14-6-5-9-24-12-14)22(28)21-25-15-7-3-4-8-19(15)31-21/h3-12H,13H2,1-2H3. The minimum atomic E-state index is -0.201. The third-order valence-corrected chi connectivity index (χ3v) is 6.96. The molecule has 0 unspecified atom stereocenters. The summed E-state index contributed by atoms with van der Waals surface area (Å²) in [6, 6.07) is 15.2. The van der Waals surface area contributed by atoms with Gasteiger partial charge in [-0.05, 0) is 23.8 Å². The van der Waals surface area contributed by atoms with Gasteiger partial charge in [0.1, 0.15) is 0 Å². The molecule has 0 saturated carbocycles. The first-order valence-electron chi connectivity index (χ1n) is 9.75. The Bertz CT molecular complexity index is 1340. The molecule has 0 aliphatic rings.